The monoisotopic (exact) mass is 424 g/mol. The molecule has 1 aliphatic rings. The van der Waals surface area contributed by atoms with Crippen LogP contribution in [-0.2, 0) is 9.59 Å². The minimum absolute atomic E-state index is 0.0424. The molecule has 1 aliphatic heterocycles. The van der Waals surface area contributed by atoms with E-state index in [2.05, 4.69) is 20.8 Å². The second-order valence-corrected chi connectivity index (χ2v) is 7.49. The standard InChI is InChI=1S/C17H14Cl2N4O3S/c1-9(12-6-3-7-26-12)22-23-17-21-16(25)13(27-17)8-14(24)20-11-5-2-4-10(18)15(11)19/h2-7,13H,8H2,1H3,(H,20,24)(H,21,23,25)/b22-9+. The Hall–Kier alpha value is -2.29. The van der Waals surface area contributed by atoms with Crippen LogP contribution < -0.4 is 10.6 Å². The van der Waals surface area contributed by atoms with E-state index in [0.717, 1.165) is 11.8 Å². The van der Waals surface area contributed by atoms with E-state index in [1.807, 2.05) is 0 Å². The second-order valence-electron chi connectivity index (χ2n) is 5.52. The molecule has 0 radical (unpaired) electrons. The Morgan fingerprint density at radius 2 is 2.15 bits per heavy atom. The zero-order valence-electron chi connectivity index (χ0n) is 14.0. The number of carbonyl (C=O) groups excluding carboxylic acids is 2. The maximum atomic E-state index is 12.2. The van der Waals surface area contributed by atoms with Gasteiger partial charge in [0.15, 0.2) is 5.17 Å². The maximum Gasteiger partial charge on any atom is 0.240 e. The smallest absolute Gasteiger partial charge is 0.240 e. The summed E-state index contributed by atoms with van der Waals surface area (Å²) >= 11 is 13.1. The fraction of sp³-hybridized carbons (Fsp3) is 0.176. The Balaban J connectivity index is 1.60. The summed E-state index contributed by atoms with van der Waals surface area (Å²) in [5.74, 6) is -0.0803. The van der Waals surface area contributed by atoms with Gasteiger partial charge in [0, 0.05) is 6.42 Å². The van der Waals surface area contributed by atoms with Crippen molar-refractivity contribution >= 4 is 63.3 Å². The summed E-state index contributed by atoms with van der Waals surface area (Å²) in [6, 6.07) is 8.42. The van der Waals surface area contributed by atoms with Gasteiger partial charge < -0.3 is 15.1 Å². The Kier molecular flexibility index (Phi) is 6.20. The Morgan fingerprint density at radius 1 is 1.33 bits per heavy atom. The molecule has 1 aromatic carbocycles. The van der Waals surface area contributed by atoms with Gasteiger partial charge in [-0.15, -0.1) is 10.2 Å². The van der Waals surface area contributed by atoms with Crippen LogP contribution in [0.5, 0.6) is 0 Å². The van der Waals surface area contributed by atoms with Gasteiger partial charge in [-0.1, -0.05) is 41.0 Å². The van der Waals surface area contributed by atoms with Crippen LogP contribution in [0.4, 0.5) is 5.69 Å². The van der Waals surface area contributed by atoms with Gasteiger partial charge in [0.1, 0.15) is 16.7 Å². The molecule has 7 nitrogen and oxygen atoms in total. The lowest BCUT2D eigenvalue weighted by atomic mass is 10.2. The molecule has 3 rings (SSSR count). The van der Waals surface area contributed by atoms with E-state index in [-0.39, 0.29) is 23.3 Å². The molecule has 27 heavy (non-hydrogen) atoms. The normalized spacial score (nSPS) is 18.6. The van der Waals surface area contributed by atoms with Gasteiger partial charge in [-0.3, -0.25) is 9.59 Å². The number of hydrogen-bond acceptors (Lipinski definition) is 6. The van der Waals surface area contributed by atoms with Crippen molar-refractivity contribution in [2.45, 2.75) is 18.6 Å². The molecule has 2 N–H and O–H groups in total. The molecule has 1 saturated heterocycles. The van der Waals surface area contributed by atoms with Crippen molar-refractivity contribution < 1.29 is 14.0 Å². The number of anilines is 1. The number of benzene rings is 1. The molecule has 140 valence electrons. The summed E-state index contributed by atoms with van der Waals surface area (Å²) in [5.41, 5.74) is 0.962. The summed E-state index contributed by atoms with van der Waals surface area (Å²) < 4.78 is 5.21. The fourth-order valence-corrected chi connectivity index (χ4v) is 3.48. The second kappa shape index (κ2) is 8.60. The molecule has 1 unspecified atom stereocenters. The van der Waals surface area contributed by atoms with E-state index in [0.29, 0.717) is 27.3 Å². The van der Waals surface area contributed by atoms with E-state index < -0.39 is 5.25 Å². The van der Waals surface area contributed by atoms with Gasteiger partial charge >= 0.3 is 0 Å². The molecular weight excluding hydrogens is 411 g/mol. The van der Waals surface area contributed by atoms with Crippen LogP contribution in [0.25, 0.3) is 0 Å². The highest BCUT2D eigenvalue weighted by Crippen LogP contribution is 2.30. The summed E-state index contributed by atoms with van der Waals surface area (Å²) in [4.78, 5) is 24.3. The van der Waals surface area contributed by atoms with Crippen LogP contribution in [-0.4, -0.2) is 27.9 Å². The first-order valence-corrected chi connectivity index (χ1v) is 9.45. The van der Waals surface area contributed by atoms with Crippen LogP contribution in [0, 0.1) is 0 Å². The molecule has 0 spiro atoms. The van der Waals surface area contributed by atoms with Gasteiger partial charge in [0.05, 0.1) is 22.0 Å². The molecule has 10 heteroatoms. The summed E-state index contributed by atoms with van der Waals surface area (Å²) in [7, 11) is 0. The number of rotatable bonds is 5. The molecule has 0 aliphatic carbocycles. The van der Waals surface area contributed by atoms with Crippen molar-refractivity contribution in [3.05, 3.63) is 52.4 Å². The first-order valence-electron chi connectivity index (χ1n) is 7.81. The quantitative estimate of drug-likeness (QED) is 0.561. The van der Waals surface area contributed by atoms with Crippen LogP contribution in [0.2, 0.25) is 10.0 Å². The van der Waals surface area contributed by atoms with Crippen molar-refractivity contribution in [2.75, 3.05) is 5.32 Å². The highest BCUT2D eigenvalue weighted by molar-refractivity contribution is 8.15. The largest absolute Gasteiger partial charge is 0.463 e. The van der Waals surface area contributed by atoms with Crippen molar-refractivity contribution in [1.29, 1.82) is 0 Å². The topological polar surface area (TPSA) is 96.1 Å². The molecule has 1 fully saturated rings. The first-order chi connectivity index (χ1) is 12.9. The number of amides is 2. The predicted octanol–water partition coefficient (Wildman–Crippen LogP) is 3.93. The van der Waals surface area contributed by atoms with Gasteiger partial charge in [-0.25, -0.2) is 0 Å². The molecule has 2 aromatic rings. The third-order valence-electron chi connectivity index (χ3n) is 3.54. The molecular formula is C17H14Cl2N4O3S. The van der Waals surface area contributed by atoms with Gasteiger partial charge in [-0.2, -0.15) is 0 Å². The lowest BCUT2D eigenvalue weighted by molar-refractivity contribution is -0.122. The van der Waals surface area contributed by atoms with Crippen molar-refractivity contribution in [1.82, 2.24) is 5.32 Å². The number of nitrogens with zero attached hydrogens (tertiary/aromatic N) is 2. The third-order valence-corrected chi connectivity index (χ3v) is 5.43. The SMILES string of the molecule is C/C(=N\N=C1/NC(=O)C(CC(=O)Nc2cccc(Cl)c2Cl)S1)c1ccco1. The Bertz CT molecular complexity index is 928. The number of nitrogens with one attached hydrogen (secondary N) is 2. The zero-order valence-corrected chi connectivity index (χ0v) is 16.4. The van der Waals surface area contributed by atoms with Crippen molar-refractivity contribution in [3.63, 3.8) is 0 Å². The lowest BCUT2D eigenvalue weighted by Gasteiger charge is -2.09. The number of carbonyl (C=O) groups is 2. The van der Waals surface area contributed by atoms with E-state index >= 15 is 0 Å². The van der Waals surface area contributed by atoms with E-state index in [9.17, 15) is 9.59 Å². The van der Waals surface area contributed by atoms with E-state index in [4.69, 9.17) is 27.6 Å². The summed E-state index contributed by atoms with van der Waals surface area (Å²) in [5, 5.41) is 13.6. The minimum atomic E-state index is -0.610. The van der Waals surface area contributed by atoms with Gasteiger partial charge in [0.2, 0.25) is 11.8 Å². The summed E-state index contributed by atoms with van der Waals surface area (Å²) in [6.45, 7) is 1.74. The maximum absolute atomic E-state index is 12.2. The van der Waals surface area contributed by atoms with Crippen molar-refractivity contribution in [2.24, 2.45) is 10.2 Å². The van der Waals surface area contributed by atoms with E-state index in [1.165, 1.54) is 6.26 Å². The van der Waals surface area contributed by atoms with Crippen molar-refractivity contribution in [3.8, 4) is 0 Å². The van der Waals surface area contributed by atoms with Crippen LogP contribution in [0.15, 0.2) is 51.2 Å². The average molecular weight is 425 g/mol. The molecule has 1 atom stereocenters. The van der Waals surface area contributed by atoms with Crippen LogP contribution >= 0.6 is 35.0 Å². The van der Waals surface area contributed by atoms with E-state index in [1.54, 1.807) is 37.3 Å². The number of furan rings is 1. The Labute approximate surface area is 169 Å². The van der Waals surface area contributed by atoms with Crippen LogP contribution in [0.3, 0.4) is 0 Å². The zero-order chi connectivity index (χ0) is 19.4. The molecule has 1 aromatic heterocycles. The highest BCUT2D eigenvalue weighted by Gasteiger charge is 2.32. The Morgan fingerprint density at radius 3 is 2.89 bits per heavy atom. The number of thioether (sulfide) groups is 1. The highest BCUT2D eigenvalue weighted by atomic mass is 35.5. The predicted molar refractivity (Wildman–Crippen MR) is 108 cm³/mol. The minimum Gasteiger partial charge on any atom is -0.463 e. The van der Waals surface area contributed by atoms with Crippen LogP contribution in [0.1, 0.15) is 19.1 Å². The molecule has 0 saturated carbocycles. The average Bonchev–Trinajstić information content (AvgIpc) is 3.27. The molecule has 0 bridgehead atoms. The lowest BCUT2D eigenvalue weighted by Crippen LogP contribution is -2.28. The van der Waals surface area contributed by atoms with Gasteiger partial charge in [0.25, 0.3) is 0 Å². The number of hydrogen-bond donors (Lipinski definition) is 2. The third kappa shape index (κ3) is 4.91. The number of amidine groups is 1. The fourth-order valence-electron chi connectivity index (χ4n) is 2.21. The molecule has 2 heterocycles. The molecule has 2 amide bonds. The van der Waals surface area contributed by atoms with Gasteiger partial charge in [-0.05, 0) is 31.2 Å². The number of halogens is 2. The first kappa shape index (κ1) is 19.5. The summed E-state index contributed by atoms with van der Waals surface area (Å²) in [6.07, 6.45) is 1.49.